The highest BCUT2D eigenvalue weighted by atomic mass is 19.4. The van der Waals surface area contributed by atoms with Crippen LogP contribution in [0.15, 0.2) is 54.1 Å². The zero-order valence-electron chi connectivity index (χ0n) is 23.1. The van der Waals surface area contributed by atoms with Gasteiger partial charge in [0, 0.05) is 26.9 Å². The zero-order valence-corrected chi connectivity index (χ0v) is 23.1. The van der Waals surface area contributed by atoms with Crippen LogP contribution >= 0.6 is 0 Å². The predicted molar refractivity (Wildman–Crippen MR) is 137 cm³/mol. The number of oxime groups is 1. The molecular weight excluding hydrogens is 592 g/mol. The lowest BCUT2D eigenvalue weighted by Crippen LogP contribution is -2.59. The normalized spacial score (nSPS) is 23.8. The van der Waals surface area contributed by atoms with Gasteiger partial charge in [-0.2, -0.15) is 22.0 Å². The Hall–Kier alpha value is -3.80. The van der Waals surface area contributed by atoms with E-state index >= 15 is 0 Å². The van der Waals surface area contributed by atoms with Crippen molar-refractivity contribution in [3.63, 3.8) is 0 Å². The Morgan fingerprint density at radius 3 is 2.19 bits per heavy atom. The Bertz CT molecular complexity index is 1360. The number of methoxy groups -OCH3 is 3. The van der Waals surface area contributed by atoms with Gasteiger partial charge in [-0.25, -0.2) is 19.0 Å². The smallest absolute Gasteiger partial charge is 0.428 e. The Labute approximate surface area is 241 Å². The molecule has 6 atom stereocenters. The van der Waals surface area contributed by atoms with Crippen LogP contribution in [0, 0.1) is 0 Å². The monoisotopic (exact) mass is 619 g/mol. The van der Waals surface area contributed by atoms with Crippen molar-refractivity contribution in [1.29, 1.82) is 0 Å². The molecule has 0 amide bonds. The van der Waals surface area contributed by atoms with Gasteiger partial charge >= 0.3 is 12.3 Å². The van der Waals surface area contributed by atoms with Gasteiger partial charge in [0.2, 0.25) is 0 Å². The summed E-state index contributed by atoms with van der Waals surface area (Å²) < 4.78 is 104. The second-order valence-corrected chi connectivity index (χ2v) is 9.21. The molecule has 3 heterocycles. The van der Waals surface area contributed by atoms with Crippen LogP contribution in [0.2, 0.25) is 0 Å². The third kappa shape index (κ3) is 7.41. The molecule has 3 aromatic rings. The number of hydrogen-bond donors (Lipinski definition) is 0. The van der Waals surface area contributed by atoms with E-state index in [1.165, 1.54) is 24.3 Å². The van der Waals surface area contributed by atoms with Gasteiger partial charge in [0.15, 0.2) is 17.7 Å². The van der Waals surface area contributed by atoms with Crippen LogP contribution in [0.25, 0.3) is 17.2 Å². The summed E-state index contributed by atoms with van der Waals surface area (Å²) in [5.41, 5.74) is 1.28. The van der Waals surface area contributed by atoms with Crippen molar-refractivity contribution >= 4 is 6.21 Å². The van der Waals surface area contributed by atoms with Crippen LogP contribution in [0.4, 0.5) is 26.3 Å². The van der Waals surface area contributed by atoms with Gasteiger partial charge < -0.3 is 28.5 Å². The Kier molecular flexibility index (Phi) is 9.89. The Morgan fingerprint density at radius 2 is 1.60 bits per heavy atom. The minimum Gasteiger partial charge on any atom is -0.428 e. The van der Waals surface area contributed by atoms with Gasteiger partial charge in [0.25, 0.3) is 12.5 Å². The minimum absolute atomic E-state index is 0.0871. The van der Waals surface area contributed by atoms with Crippen LogP contribution in [0.5, 0.6) is 5.75 Å². The average molecular weight is 620 g/mol. The van der Waals surface area contributed by atoms with Crippen molar-refractivity contribution in [3.05, 3.63) is 54.5 Å². The predicted octanol–water partition coefficient (Wildman–Crippen LogP) is 4.34. The minimum atomic E-state index is -5.80. The summed E-state index contributed by atoms with van der Waals surface area (Å²) in [7, 11) is 4.60. The van der Waals surface area contributed by atoms with Crippen molar-refractivity contribution in [1.82, 2.24) is 19.7 Å². The van der Waals surface area contributed by atoms with Crippen LogP contribution in [0.3, 0.4) is 0 Å². The summed E-state index contributed by atoms with van der Waals surface area (Å²) >= 11 is 0. The lowest BCUT2D eigenvalue weighted by Gasteiger charge is -2.42. The number of alkyl halides is 6. The third-order valence-corrected chi connectivity index (χ3v) is 6.36. The van der Waals surface area contributed by atoms with E-state index in [9.17, 15) is 26.3 Å². The van der Waals surface area contributed by atoms with E-state index in [1.54, 1.807) is 38.5 Å². The second kappa shape index (κ2) is 13.2. The molecule has 0 bridgehead atoms. The quantitative estimate of drug-likeness (QED) is 0.176. The summed E-state index contributed by atoms with van der Waals surface area (Å²) in [6, 6.07) is 8.91. The molecule has 43 heavy (non-hydrogen) atoms. The van der Waals surface area contributed by atoms with E-state index in [1.807, 2.05) is 6.92 Å². The zero-order chi connectivity index (χ0) is 31.4. The van der Waals surface area contributed by atoms with Crippen molar-refractivity contribution in [2.45, 2.75) is 56.1 Å². The van der Waals surface area contributed by atoms with Crippen molar-refractivity contribution in [3.8, 4) is 23.0 Å². The van der Waals surface area contributed by atoms with Crippen LogP contribution < -0.4 is 4.74 Å². The number of ether oxygens (including phenoxy) is 5. The van der Waals surface area contributed by atoms with Crippen molar-refractivity contribution < 1.29 is 54.9 Å². The third-order valence-electron chi connectivity index (χ3n) is 6.36. The highest BCUT2D eigenvalue weighted by Crippen LogP contribution is 2.36. The topological polar surface area (TPSA) is 111 Å². The van der Waals surface area contributed by atoms with E-state index in [2.05, 4.69) is 25.0 Å². The van der Waals surface area contributed by atoms with Crippen LogP contribution in [-0.4, -0.2) is 96.5 Å². The molecule has 0 spiro atoms. The first kappa shape index (κ1) is 32.1. The van der Waals surface area contributed by atoms with Crippen LogP contribution in [0.1, 0.15) is 12.5 Å². The summed E-state index contributed by atoms with van der Waals surface area (Å²) in [6.07, 6.45) is -14.6. The second-order valence-electron chi connectivity index (χ2n) is 9.21. The SMILES string of the molecule is CO[C@@H]1[C@@H](OC)[C@H](C)O[C@@H](ON=Cc2ccc(-c3ncn(-c4ccc(OC(F)(F)C(F)C(F)(F)F)cn4)n3)cc2)[C@@H]1OC. The van der Waals surface area contributed by atoms with E-state index in [0.29, 0.717) is 17.3 Å². The first-order valence-electron chi connectivity index (χ1n) is 12.6. The number of hydrogen-bond acceptors (Lipinski definition) is 10. The van der Waals surface area contributed by atoms with Gasteiger partial charge in [0.05, 0.1) is 18.5 Å². The first-order chi connectivity index (χ1) is 20.4. The molecule has 1 aliphatic rings. The van der Waals surface area contributed by atoms with E-state index in [0.717, 1.165) is 12.1 Å². The average Bonchev–Trinajstić information content (AvgIpc) is 3.47. The van der Waals surface area contributed by atoms with Gasteiger partial charge in [-0.1, -0.05) is 29.4 Å². The number of aromatic nitrogens is 4. The molecule has 1 aromatic carbocycles. The molecule has 1 aliphatic heterocycles. The fraction of sp³-hybridized carbons (Fsp3) is 0.462. The molecule has 234 valence electrons. The lowest BCUT2D eigenvalue weighted by atomic mass is 9.99. The molecule has 0 aliphatic carbocycles. The molecule has 0 radical (unpaired) electrons. The molecule has 0 N–H and O–H groups in total. The van der Waals surface area contributed by atoms with Crippen molar-refractivity contribution in [2.24, 2.45) is 5.16 Å². The maximum atomic E-state index is 13.5. The standard InChI is InChI=1S/C26H27F6N5O6/c1-14-19(38-2)20(39-3)21(40-4)23(41-14)43-35-11-15-5-7-16(8-6-15)22-34-13-37(36-22)18-10-9-17(12-33-18)42-26(31,32)24(27)25(28,29)30/h5-14,19-21,23-24H,1-4H3/t14-,19-,20+,21+,23-,24?/m0/s1. The van der Waals surface area contributed by atoms with Gasteiger partial charge in [-0.3, -0.25) is 0 Å². The first-order valence-corrected chi connectivity index (χ1v) is 12.6. The maximum absolute atomic E-state index is 13.5. The van der Waals surface area contributed by atoms with E-state index < -0.39 is 42.7 Å². The van der Waals surface area contributed by atoms with E-state index in [4.69, 9.17) is 23.8 Å². The Balaban J connectivity index is 1.37. The fourth-order valence-corrected chi connectivity index (χ4v) is 4.24. The van der Waals surface area contributed by atoms with Gasteiger partial charge in [-0.05, 0) is 24.6 Å². The van der Waals surface area contributed by atoms with Gasteiger partial charge in [0.1, 0.15) is 24.3 Å². The molecule has 17 heteroatoms. The molecule has 11 nitrogen and oxygen atoms in total. The highest BCUT2D eigenvalue weighted by molar-refractivity contribution is 5.80. The summed E-state index contributed by atoms with van der Waals surface area (Å²) in [6.45, 7) is 1.83. The maximum Gasteiger partial charge on any atom is 0.439 e. The largest absolute Gasteiger partial charge is 0.439 e. The molecular formula is C26H27F6N5O6. The Morgan fingerprint density at radius 1 is 0.930 bits per heavy atom. The van der Waals surface area contributed by atoms with Crippen LogP contribution in [-0.2, 0) is 23.8 Å². The molecule has 1 saturated heterocycles. The molecule has 4 rings (SSSR count). The number of benzene rings is 1. The molecule has 1 unspecified atom stereocenters. The highest BCUT2D eigenvalue weighted by Gasteiger charge is 2.59. The lowest BCUT2D eigenvalue weighted by molar-refractivity contribution is -0.305. The number of nitrogens with zero attached hydrogens (tertiary/aromatic N) is 5. The summed E-state index contributed by atoms with van der Waals surface area (Å²) in [5.74, 6) is -0.407. The summed E-state index contributed by atoms with van der Waals surface area (Å²) in [4.78, 5) is 13.5. The molecule has 1 fully saturated rings. The molecule has 2 aromatic heterocycles. The number of rotatable bonds is 11. The molecule has 0 saturated carbocycles. The van der Waals surface area contributed by atoms with Gasteiger partial charge in [-0.15, -0.1) is 5.10 Å². The number of pyridine rings is 1. The number of halogens is 6. The van der Waals surface area contributed by atoms with Crippen molar-refractivity contribution in [2.75, 3.05) is 21.3 Å². The summed E-state index contributed by atoms with van der Waals surface area (Å²) in [5, 5.41) is 8.27. The fourth-order valence-electron chi connectivity index (χ4n) is 4.24. The van der Waals surface area contributed by atoms with E-state index in [-0.39, 0.29) is 23.9 Å².